The Kier molecular flexibility index (Phi) is 3.61. The minimum absolute atomic E-state index is 0.757. The third-order valence-electron chi connectivity index (χ3n) is 3.37. The Morgan fingerprint density at radius 3 is 2.75 bits per heavy atom. The summed E-state index contributed by atoms with van der Waals surface area (Å²) in [6, 6.07) is 12.2. The highest BCUT2D eigenvalue weighted by molar-refractivity contribution is 5.84. The summed E-state index contributed by atoms with van der Waals surface area (Å²) in [5, 5.41) is 4.44. The van der Waals surface area contributed by atoms with Crippen LogP contribution in [-0.2, 0) is 6.54 Å². The van der Waals surface area contributed by atoms with E-state index in [4.69, 9.17) is 8.83 Å². The van der Waals surface area contributed by atoms with Crippen molar-refractivity contribution in [2.24, 2.45) is 0 Å². The zero-order valence-corrected chi connectivity index (χ0v) is 11.9. The molecule has 20 heavy (non-hydrogen) atoms. The quantitative estimate of drug-likeness (QED) is 0.693. The van der Waals surface area contributed by atoms with Gasteiger partial charge in [0.15, 0.2) is 11.5 Å². The van der Waals surface area contributed by atoms with Crippen LogP contribution in [0.25, 0.3) is 22.5 Å². The van der Waals surface area contributed by atoms with Crippen molar-refractivity contribution >= 4 is 11.0 Å². The molecular weight excluding hydrogens is 250 g/mol. The Balaban J connectivity index is 1.85. The van der Waals surface area contributed by atoms with Crippen molar-refractivity contribution in [3.63, 3.8) is 0 Å². The van der Waals surface area contributed by atoms with Crippen LogP contribution in [0, 0.1) is 6.92 Å². The minimum Gasteiger partial charge on any atom is -0.456 e. The van der Waals surface area contributed by atoms with E-state index in [1.807, 2.05) is 24.3 Å². The number of hydrogen-bond donors (Lipinski definition) is 1. The Hall–Kier alpha value is -2.00. The van der Waals surface area contributed by atoms with E-state index in [0.717, 1.165) is 53.3 Å². The van der Waals surface area contributed by atoms with Crippen LogP contribution in [0.5, 0.6) is 0 Å². The molecule has 0 saturated heterocycles. The second-order valence-corrected chi connectivity index (χ2v) is 5.05. The predicted octanol–water partition coefficient (Wildman–Crippen LogP) is 4.50. The Morgan fingerprint density at radius 2 is 1.95 bits per heavy atom. The summed E-state index contributed by atoms with van der Waals surface area (Å²) < 4.78 is 11.7. The zero-order valence-electron chi connectivity index (χ0n) is 11.9. The molecule has 2 heterocycles. The number of furan rings is 2. The van der Waals surface area contributed by atoms with Gasteiger partial charge in [0, 0.05) is 5.39 Å². The summed E-state index contributed by atoms with van der Waals surface area (Å²) in [5.41, 5.74) is 2.08. The first-order chi connectivity index (χ1) is 9.78. The number of hydrogen-bond acceptors (Lipinski definition) is 3. The molecule has 0 saturated carbocycles. The molecule has 104 valence electrons. The molecule has 1 N–H and O–H groups in total. The highest BCUT2D eigenvalue weighted by atomic mass is 16.4. The lowest BCUT2D eigenvalue weighted by molar-refractivity contribution is 0.479. The first-order valence-electron chi connectivity index (χ1n) is 7.07. The third kappa shape index (κ3) is 2.49. The number of aryl methyl sites for hydroxylation is 1. The average Bonchev–Trinajstić information content (AvgIpc) is 3.05. The van der Waals surface area contributed by atoms with Crippen LogP contribution in [0.3, 0.4) is 0 Å². The number of fused-ring (bicyclic) bond motifs is 1. The van der Waals surface area contributed by atoms with Gasteiger partial charge in [-0.25, -0.2) is 0 Å². The van der Waals surface area contributed by atoms with E-state index < -0.39 is 0 Å². The maximum atomic E-state index is 5.91. The van der Waals surface area contributed by atoms with Gasteiger partial charge in [0.2, 0.25) is 0 Å². The summed E-state index contributed by atoms with van der Waals surface area (Å²) >= 11 is 0. The number of nitrogens with one attached hydrogen (secondary N) is 1. The minimum atomic E-state index is 0.757. The van der Waals surface area contributed by atoms with Gasteiger partial charge in [-0.15, -0.1) is 0 Å². The van der Waals surface area contributed by atoms with Gasteiger partial charge in [0.05, 0.1) is 6.54 Å². The maximum Gasteiger partial charge on any atom is 0.170 e. The zero-order chi connectivity index (χ0) is 13.9. The van der Waals surface area contributed by atoms with Gasteiger partial charge in [-0.3, -0.25) is 0 Å². The van der Waals surface area contributed by atoms with Crippen LogP contribution in [0.4, 0.5) is 0 Å². The molecule has 0 amide bonds. The van der Waals surface area contributed by atoms with Crippen molar-refractivity contribution in [3.8, 4) is 11.5 Å². The topological polar surface area (TPSA) is 38.3 Å². The van der Waals surface area contributed by atoms with E-state index in [2.05, 4.69) is 31.3 Å². The highest BCUT2D eigenvalue weighted by Crippen LogP contribution is 2.30. The summed E-state index contributed by atoms with van der Waals surface area (Å²) in [5.74, 6) is 2.51. The number of rotatable bonds is 5. The van der Waals surface area contributed by atoms with Crippen LogP contribution in [-0.4, -0.2) is 6.54 Å². The Labute approximate surface area is 118 Å². The molecular formula is C17H19NO2. The van der Waals surface area contributed by atoms with Crippen molar-refractivity contribution in [3.05, 3.63) is 47.7 Å². The highest BCUT2D eigenvalue weighted by Gasteiger charge is 2.11. The molecule has 0 aliphatic carbocycles. The van der Waals surface area contributed by atoms with Gasteiger partial charge in [-0.2, -0.15) is 0 Å². The molecule has 0 bridgehead atoms. The van der Waals surface area contributed by atoms with Gasteiger partial charge in [-0.1, -0.05) is 25.1 Å². The second kappa shape index (κ2) is 5.55. The molecule has 3 heteroatoms. The van der Waals surface area contributed by atoms with E-state index in [9.17, 15) is 0 Å². The molecule has 3 rings (SSSR count). The lowest BCUT2D eigenvalue weighted by Gasteiger charge is -1.98. The molecule has 3 aromatic rings. The fourth-order valence-electron chi connectivity index (χ4n) is 2.32. The van der Waals surface area contributed by atoms with E-state index in [-0.39, 0.29) is 0 Å². The second-order valence-electron chi connectivity index (χ2n) is 5.05. The van der Waals surface area contributed by atoms with E-state index in [1.165, 1.54) is 0 Å². The Morgan fingerprint density at radius 1 is 1.05 bits per heavy atom. The SMILES string of the molecule is CCCNCc1ccc(-c2cc3cccc(C)c3o2)o1. The van der Waals surface area contributed by atoms with Crippen molar-refractivity contribution in [1.82, 2.24) is 5.32 Å². The number of para-hydroxylation sites is 1. The normalized spacial score (nSPS) is 11.3. The van der Waals surface area contributed by atoms with Gasteiger partial charge < -0.3 is 14.2 Å². The van der Waals surface area contributed by atoms with Crippen molar-refractivity contribution < 1.29 is 8.83 Å². The molecule has 1 aromatic carbocycles. The summed E-state index contributed by atoms with van der Waals surface area (Å²) in [7, 11) is 0. The molecule has 0 radical (unpaired) electrons. The fraction of sp³-hybridized carbons (Fsp3) is 0.294. The predicted molar refractivity (Wildman–Crippen MR) is 80.7 cm³/mol. The molecule has 0 unspecified atom stereocenters. The Bertz CT molecular complexity index is 709. The molecule has 0 spiro atoms. The van der Waals surface area contributed by atoms with Gasteiger partial charge >= 0.3 is 0 Å². The summed E-state index contributed by atoms with van der Waals surface area (Å²) in [4.78, 5) is 0. The van der Waals surface area contributed by atoms with Crippen LogP contribution in [0.15, 0.2) is 45.2 Å². The average molecular weight is 269 g/mol. The van der Waals surface area contributed by atoms with Crippen LogP contribution >= 0.6 is 0 Å². The smallest absolute Gasteiger partial charge is 0.170 e. The van der Waals surface area contributed by atoms with E-state index in [0.29, 0.717) is 0 Å². The standard InChI is InChI=1S/C17H19NO2/c1-3-9-18-11-14-7-8-15(19-14)16-10-13-6-4-5-12(2)17(13)20-16/h4-8,10,18H,3,9,11H2,1-2H3. The summed E-state index contributed by atoms with van der Waals surface area (Å²) in [6.45, 7) is 5.96. The third-order valence-corrected chi connectivity index (χ3v) is 3.37. The van der Waals surface area contributed by atoms with Crippen LogP contribution < -0.4 is 5.32 Å². The van der Waals surface area contributed by atoms with Gasteiger partial charge in [0.1, 0.15) is 11.3 Å². The van der Waals surface area contributed by atoms with E-state index in [1.54, 1.807) is 0 Å². The van der Waals surface area contributed by atoms with Crippen molar-refractivity contribution in [2.75, 3.05) is 6.54 Å². The molecule has 0 atom stereocenters. The van der Waals surface area contributed by atoms with Crippen LogP contribution in [0.2, 0.25) is 0 Å². The lowest BCUT2D eigenvalue weighted by Crippen LogP contribution is -2.12. The van der Waals surface area contributed by atoms with E-state index >= 15 is 0 Å². The first-order valence-corrected chi connectivity index (χ1v) is 7.07. The summed E-state index contributed by atoms with van der Waals surface area (Å²) in [6.07, 6.45) is 1.12. The van der Waals surface area contributed by atoms with Crippen molar-refractivity contribution in [1.29, 1.82) is 0 Å². The first kappa shape index (κ1) is 13.0. The molecule has 3 nitrogen and oxygen atoms in total. The van der Waals surface area contributed by atoms with Gasteiger partial charge in [-0.05, 0) is 43.7 Å². The van der Waals surface area contributed by atoms with Crippen molar-refractivity contribution in [2.45, 2.75) is 26.8 Å². The lowest BCUT2D eigenvalue weighted by atomic mass is 10.2. The molecule has 0 fully saturated rings. The van der Waals surface area contributed by atoms with Crippen LogP contribution in [0.1, 0.15) is 24.7 Å². The largest absolute Gasteiger partial charge is 0.456 e. The monoisotopic (exact) mass is 269 g/mol. The molecule has 2 aromatic heterocycles. The van der Waals surface area contributed by atoms with Gasteiger partial charge in [0.25, 0.3) is 0 Å². The number of benzene rings is 1. The molecule has 0 aliphatic rings. The maximum absolute atomic E-state index is 5.91. The fourth-order valence-corrected chi connectivity index (χ4v) is 2.32. The molecule has 0 aliphatic heterocycles.